The van der Waals surface area contributed by atoms with Gasteiger partial charge in [0.05, 0.1) is 6.26 Å². The molecule has 6 heteroatoms. The highest BCUT2D eigenvalue weighted by Gasteiger charge is 1.98. The molecule has 0 aliphatic carbocycles. The van der Waals surface area contributed by atoms with Crippen LogP contribution in [0.3, 0.4) is 0 Å². The number of rotatable bonds is 9. The van der Waals surface area contributed by atoms with Crippen LogP contribution in [0.4, 0.5) is 0 Å². The van der Waals surface area contributed by atoms with Crippen molar-refractivity contribution in [3.63, 3.8) is 0 Å². The molecule has 0 saturated carbocycles. The molecule has 19 heavy (non-hydrogen) atoms. The van der Waals surface area contributed by atoms with Crippen LogP contribution in [-0.2, 0) is 19.1 Å². The molecule has 2 N–H and O–H groups in total. The fourth-order valence-corrected chi connectivity index (χ4v) is 1.20. The van der Waals surface area contributed by atoms with Gasteiger partial charge in [0.2, 0.25) is 0 Å². The predicted molar refractivity (Wildman–Crippen MR) is 69.6 cm³/mol. The van der Waals surface area contributed by atoms with E-state index < -0.39 is 11.9 Å². The van der Waals surface area contributed by atoms with E-state index in [9.17, 15) is 14.4 Å². The summed E-state index contributed by atoms with van der Waals surface area (Å²) in [6, 6.07) is 0. The smallest absolute Gasteiger partial charge is 0.307 e. The van der Waals surface area contributed by atoms with E-state index in [-0.39, 0.29) is 18.8 Å². The Balaban J connectivity index is 0. The number of carboxylic acid groups (broad SMARTS) is 2. The maximum Gasteiger partial charge on any atom is 0.307 e. The molecule has 0 aromatic rings. The number of carbonyl (C=O) groups is 3. The van der Waals surface area contributed by atoms with Crippen LogP contribution < -0.4 is 0 Å². The maximum absolute atomic E-state index is 10.1. The minimum absolute atomic E-state index is 0.221. The minimum atomic E-state index is -0.759. The van der Waals surface area contributed by atoms with Gasteiger partial charge in [0.15, 0.2) is 0 Å². The summed E-state index contributed by atoms with van der Waals surface area (Å²) >= 11 is 0. The molecule has 0 amide bonds. The summed E-state index contributed by atoms with van der Waals surface area (Å²) in [7, 11) is 0. The summed E-state index contributed by atoms with van der Waals surface area (Å²) in [5.74, 6) is -1.85. The average molecular weight is 274 g/mol. The highest BCUT2D eigenvalue weighted by atomic mass is 16.5. The topological polar surface area (TPSA) is 101 Å². The average Bonchev–Trinajstić information content (AvgIpc) is 2.27. The third kappa shape index (κ3) is 26.0. The van der Waals surface area contributed by atoms with Crippen LogP contribution in [0.25, 0.3) is 0 Å². The van der Waals surface area contributed by atoms with E-state index in [2.05, 4.69) is 11.3 Å². The summed E-state index contributed by atoms with van der Waals surface area (Å²) in [5.41, 5.74) is 0. The van der Waals surface area contributed by atoms with Crippen molar-refractivity contribution >= 4 is 17.9 Å². The maximum atomic E-state index is 10.1. The standard InChI is InChI=1S/C9H16O4.C4H6O2/c10-8(11)6-4-2-1-3-5-7-9(12)13;1-3-6-4(2)5/h1-7H2,(H,10,11)(H,12,13);3H,1H2,2H3. The second kappa shape index (κ2) is 14.2. The van der Waals surface area contributed by atoms with Gasteiger partial charge in [-0.05, 0) is 12.8 Å². The van der Waals surface area contributed by atoms with Gasteiger partial charge in [-0.1, -0.05) is 25.8 Å². The zero-order chi connectivity index (χ0) is 15.1. The van der Waals surface area contributed by atoms with Gasteiger partial charge < -0.3 is 14.9 Å². The van der Waals surface area contributed by atoms with E-state index >= 15 is 0 Å². The zero-order valence-electron chi connectivity index (χ0n) is 11.3. The molecule has 0 fully saturated rings. The fraction of sp³-hybridized carbons (Fsp3) is 0.615. The van der Waals surface area contributed by atoms with E-state index in [4.69, 9.17) is 10.2 Å². The lowest BCUT2D eigenvalue weighted by Gasteiger charge is -1.97. The van der Waals surface area contributed by atoms with Gasteiger partial charge in [-0.25, -0.2) is 0 Å². The quantitative estimate of drug-likeness (QED) is 0.380. The number of hydrogen-bond donors (Lipinski definition) is 2. The lowest BCUT2D eigenvalue weighted by molar-refractivity contribution is -0.138. The van der Waals surface area contributed by atoms with Gasteiger partial charge in [-0.2, -0.15) is 0 Å². The fourth-order valence-electron chi connectivity index (χ4n) is 1.20. The SMILES string of the molecule is C=COC(C)=O.O=C(O)CCCCCCCC(=O)O. The first-order valence-corrected chi connectivity index (χ1v) is 6.11. The van der Waals surface area contributed by atoms with Gasteiger partial charge in [0, 0.05) is 19.8 Å². The van der Waals surface area contributed by atoms with Crippen molar-refractivity contribution in [2.75, 3.05) is 0 Å². The molecule has 0 rings (SSSR count). The van der Waals surface area contributed by atoms with Crippen molar-refractivity contribution < 1.29 is 29.3 Å². The van der Waals surface area contributed by atoms with Crippen LogP contribution in [0.15, 0.2) is 12.8 Å². The third-order valence-electron chi connectivity index (χ3n) is 2.03. The Labute approximate surface area is 113 Å². The van der Waals surface area contributed by atoms with Crippen molar-refractivity contribution in [3.8, 4) is 0 Å². The van der Waals surface area contributed by atoms with E-state index in [0.717, 1.165) is 25.5 Å². The van der Waals surface area contributed by atoms with Crippen molar-refractivity contribution in [2.24, 2.45) is 0 Å². The molecule has 0 saturated heterocycles. The van der Waals surface area contributed by atoms with Crippen LogP contribution in [0.2, 0.25) is 0 Å². The van der Waals surface area contributed by atoms with Crippen molar-refractivity contribution in [2.45, 2.75) is 51.9 Å². The highest BCUT2D eigenvalue weighted by molar-refractivity contribution is 5.67. The summed E-state index contributed by atoms with van der Waals surface area (Å²) in [6.45, 7) is 4.48. The Hall–Kier alpha value is -1.85. The lowest BCUT2D eigenvalue weighted by Crippen LogP contribution is -1.95. The van der Waals surface area contributed by atoms with E-state index in [1.54, 1.807) is 0 Å². The summed E-state index contributed by atoms with van der Waals surface area (Å²) in [5, 5.41) is 16.6. The molecule has 6 nitrogen and oxygen atoms in total. The van der Waals surface area contributed by atoms with Crippen molar-refractivity contribution in [1.29, 1.82) is 0 Å². The first-order chi connectivity index (χ1) is 8.90. The molecular weight excluding hydrogens is 252 g/mol. The van der Waals surface area contributed by atoms with Gasteiger partial charge in [0.25, 0.3) is 0 Å². The molecule has 0 bridgehead atoms. The van der Waals surface area contributed by atoms with E-state index in [1.807, 2.05) is 0 Å². The van der Waals surface area contributed by atoms with Crippen LogP contribution in [0.1, 0.15) is 51.9 Å². The Kier molecular flexibility index (Phi) is 14.6. The van der Waals surface area contributed by atoms with Crippen LogP contribution in [-0.4, -0.2) is 28.1 Å². The van der Waals surface area contributed by atoms with Crippen LogP contribution in [0.5, 0.6) is 0 Å². The Bertz CT molecular complexity index is 267. The van der Waals surface area contributed by atoms with E-state index in [0.29, 0.717) is 12.8 Å². The molecule has 0 aliphatic rings. The summed E-state index contributed by atoms with van der Waals surface area (Å²) < 4.78 is 4.17. The number of ether oxygens (including phenoxy) is 1. The normalized spacial score (nSPS) is 8.89. The largest absolute Gasteiger partial charge is 0.481 e. The molecule has 0 aromatic heterocycles. The Morgan fingerprint density at radius 3 is 1.53 bits per heavy atom. The lowest BCUT2D eigenvalue weighted by atomic mass is 10.1. The molecule has 0 atom stereocenters. The number of hydrogen-bond acceptors (Lipinski definition) is 4. The van der Waals surface area contributed by atoms with Gasteiger partial charge in [-0.3, -0.25) is 14.4 Å². The predicted octanol–water partition coefficient (Wildman–Crippen LogP) is 2.58. The first kappa shape index (κ1) is 19.5. The Morgan fingerprint density at radius 1 is 0.947 bits per heavy atom. The summed E-state index contributed by atoms with van der Waals surface area (Å²) in [4.78, 5) is 29.9. The zero-order valence-corrected chi connectivity index (χ0v) is 11.3. The Morgan fingerprint density at radius 2 is 1.32 bits per heavy atom. The van der Waals surface area contributed by atoms with E-state index in [1.165, 1.54) is 6.92 Å². The molecule has 0 aliphatic heterocycles. The number of aliphatic carboxylic acids is 2. The number of esters is 1. The van der Waals surface area contributed by atoms with Crippen molar-refractivity contribution in [3.05, 3.63) is 12.8 Å². The monoisotopic (exact) mass is 274 g/mol. The van der Waals surface area contributed by atoms with Gasteiger partial charge in [0.1, 0.15) is 0 Å². The third-order valence-corrected chi connectivity index (χ3v) is 2.03. The number of carbonyl (C=O) groups excluding carboxylic acids is 1. The molecular formula is C13H22O6. The minimum Gasteiger partial charge on any atom is -0.481 e. The van der Waals surface area contributed by atoms with Gasteiger partial charge >= 0.3 is 17.9 Å². The first-order valence-electron chi connectivity index (χ1n) is 6.11. The molecule has 110 valence electrons. The second-order valence-corrected chi connectivity index (χ2v) is 3.83. The van der Waals surface area contributed by atoms with Crippen molar-refractivity contribution in [1.82, 2.24) is 0 Å². The summed E-state index contributed by atoms with van der Waals surface area (Å²) in [6.07, 6.45) is 5.63. The molecule has 0 aromatic carbocycles. The van der Waals surface area contributed by atoms with Crippen LogP contribution in [0, 0.1) is 0 Å². The number of unbranched alkanes of at least 4 members (excludes halogenated alkanes) is 4. The molecule has 0 unspecified atom stereocenters. The molecule has 0 radical (unpaired) electrons. The number of carboxylic acids is 2. The van der Waals surface area contributed by atoms with Crippen LogP contribution >= 0.6 is 0 Å². The second-order valence-electron chi connectivity index (χ2n) is 3.83. The molecule has 0 heterocycles. The highest BCUT2D eigenvalue weighted by Crippen LogP contribution is 2.06. The van der Waals surface area contributed by atoms with Gasteiger partial charge in [-0.15, -0.1) is 0 Å². The molecule has 0 spiro atoms.